The molecule has 522 valence electrons. The van der Waals surface area contributed by atoms with Crippen LogP contribution >= 0.6 is 15.9 Å². The normalized spacial score (nSPS) is 14.5. The van der Waals surface area contributed by atoms with E-state index < -0.39 is 18.3 Å². The van der Waals surface area contributed by atoms with E-state index >= 15 is 0 Å². The Balaban J connectivity index is 0.000000131. The van der Waals surface area contributed by atoms with Gasteiger partial charge >= 0.3 is 23.9 Å². The molecule has 1 amide bonds. The Morgan fingerprint density at radius 2 is 0.911 bits per heavy atom. The third-order valence-electron chi connectivity index (χ3n) is 17.0. The topological polar surface area (TPSA) is 289 Å². The lowest BCUT2D eigenvalue weighted by Crippen LogP contribution is -2.39. The fraction of sp³-hybridized carbons (Fsp3) is 0.284. The number of benzene rings is 5. The van der Waals surface area contributed by atoms with Gasteiger partial charge in [0.25, 0.3) is 5.91 Å². The van der Waals surface area contributed by atoms with Gasteiger partial charge in [0.2, 0.25) is 0 Å². The smallest absolute Gasteiger partial charge is 0.337 e. The van der Waals surface area contributed by atoms with Crippen molar-refractivity contribution in [1.82, 2.24) is 55.1 Å². The molecule has 27 heteroatoms. The number of aromatic nitrogens is 9. The number of methoxy groups -OCH3 is 3. The highest BCUT2D eigenvalue weighted by molar-refractivity contribution is 9.10. The zero-order valence-electron chi connectivity index (χ0n) is 55.9. The third kappa shape index (κ3) is 19.6. The van der Waals surface area contributed by atoms with Gasteiger partial charge in [-0.1, -0.05) is 0 Å². The first-order chi connectivity index (χ1) is 49.2. The van der Waals surface area contributed by atoms with Crippen molar-refractivity contribution in [2.24, 2.45) is 0 Å². The molecule has 0 saturated carbocycles. The number of hydrogen-bond acceptors (Lipinski definition) is 21. The first kappa shape index (κ1) is 72.6. The number of H-pyrrole nitrogens is 1. The summed E-state index contributed by atoms with van der Waals surface area (Å²) in [5.41, 5.74) is 12.6. The van der Waals surface area contributed by atoms with Gasteiger partial charge in [0.1, 0.15) is 16.9 Å². The number of aromatic amines is 1. The summed E-state index contributed by atoms with van der Waals surface area (Å²) in [7, 11) is 4.17. The summed E-state index contributed by atoms with van der Waals surface area (Å²) < 4.78 is 40.2. The van der Waals surface area contributed by atoms with Crippen LogP contribution in [-0.2, 0) is 39.9 Å². The molecule has 11 heterocycles. The molecule has 0 aliphatic carbocycles. The molecule has 101 heavy (non-hydrogen) atoms. The van der Waals surface area contributed by atoms with Gasteiger partial charge in [-0.15, -0.1) is 0 Å². The Morgan fingerprint density at radius 1 is 0.475 bits per heavy atom. The van der Waals surface area contributed by atoms with Crippen LogP contribution in [0.4, 0.5) is 49.0 Å². The van der Waals surface area contributed by atoms with Crippen molar-refractivity contribution in [3.05, 3.63) is 232 Å². The number of rotatable bonds is 8. The van der Waals surface area contributed by atoms with Crippen LogP contribution in [0.1, 0.15) is 99.7 Å². The first-order valence-electron chi connectivity index (χ1n) is 32.8. The maximum Gasteiger partial charge on any atom is 0.337 e. The monoisotopic (exact) mass is 1440 g/mol. The van der Waals surface area contributed by atoms with Crippen LogP contribution in [-0.4, -0.2) is 171 Å². The molecule has 6 aliphatic heterocycles. The molecule has 0 atom stereocenters. The van der Waals surface area contributed by atoms with Crippen molar-refractivity contribution in [3.63, 3.8) is 0 Å². The average Bonchev–Trinajstić information content (AvgIpc) is 1.69. The van der Waals surface area contributed by atoms with E-state index in [1.165, 1.54) is 26.9 Å². The Kier molecular flexibility index (Phi) is 25.9. The number of likely N-dealkylation sites (tertiary alicyclic amines) is 1. The van der Waals surface area contributed by atoms with Gasteiger partial charge in [0, 0.05) is 134 Å². The number of aromatic carboxylic acids is 1. The van der Waals surface area contributed by atoms with E-state index in [9.17, 15) is 32.8 Å². The molecule has 0 radical (unpaired) electrons. The van der Waals surface area contributed by atoms with Gasteiger partial charge in [-0.3, -0.25) is 24.7 Å². The summed E-state index contributed by atoms with van der Waals surface area (Å²) in [6.07, 6.45) is 26.5. The molecular formula is C74H76BrF2N15O9. The number of anilines is 7. The number of nitrogens with zero attached hydrogens (tertiary/aromatic N) is 12. The Hall–Kier alpha value is -11.2. The second kappa shape index (κ2) is 36.1. The SMILES string of the molecule is Brc1cnccn1.COC(=O)c1ccc2[nH]ccc2c1.COC(=O)c1ccc2c(c1)CCN2.COC(=O)c1ccc2c(c1)CCN2c1cnccn1.FC1CCNCC1.O=C(O)c1ccc2c(c1)CCN2c1cnccn1.O=C(c1ccc2c(c1)CCN2c1cnccn1)N1CCC(F)CC1. The summed E-state index contributed by atoms with van der Waals surface area (Å²) in [5, 5.41) is 16.3. The van der Waals surface area contributed by atoms with Crippen LogP contribution < -0.4 is 25.3 Å². The highest BCUT2D eigenvalue weighted by Gasteiger charge is 2.28. The molecule has 10 aromatic rings. The molecule has 5 aromatic heterocycles. The van der Waals surface area contributed by atoms with Gasteiger partial charge in [-0.25, -0.2) is 47.9 Å². The maximum absolute atomic E-state index is 13.3. The number of carbonyl (C=O) groups excluding carboxylic acids is 4. The number of hydrogen-bond donors (Lipinski definition) is 4. The van der Waals surface area contributed by atoms with E-state index in [-0.39, 0.29) is 23.8 Å². The van der Waals surface area contributed by atoms with Gasteiger partial charge in [-0.05, 0) is 200 Å². The summed E-state index contributed by atoms with van der Waals surface area (Å²) in [6.45, 7) is 6.17. The van der Waals surface area contributed by atoms with Gasteiger partial charge in [-0.2, -0.15) is 0 Å². The van der Waals surface area contributed by atoms with Crippen molar-refractivity contribution in [2.45, 2.75) is 63.7 Å². The molecule has 16 rings (SSSR count). The lowest BCUT2D eigenvalue weighted by molar-refractivity contribution is 0.0592. The van der Waals surface area contributed by atoms with Gasteiger partial charge in [0.15, 0.2) is 17.5 Å². The Labute approximate surface area is 590 Å². The van der Waals surface area contributed by atoms with E-state index in [2.05, 4.69) is 90.7 Å². The molecule has 2 fully saturated rings. The second-order valence-electron chi connectivity index (χ2n) is 23.5. The number of fused-ring (bicyclic) bond motifs is 5. The average molecular weight is 1440 g/mol. The molecule has 2 saturated heterocycles. The van der Waals surface area contributed by atoms with Crippen molar-refractivity contribution in [2.75, 3.05) is 93.7 Å². The van der Waals surface area contributed by atoms with Crippen molar-refractivity contribution in [3.8, 4) is 0 Å². The number of ether oxygens (including phenoxy) is 3. The minimum atomic E-state index is -0.893. The van der Waals surface area contributed by atoms with Crippen molar-refractivity contribution in [1.29, 1.82) is 0 Å². The van der Waals surface area contributed by atoms with Crippen LogP contribution in [0.2, 0.25) is 0 Å². The number of alkyl halides is 2. The summed E-state index contributed by atoms with van der Waals surface area (Å²) >= 11 is 3.14. The number of nitrogens with one attached hydrogen (secondary N) is 3. The summed E-state index contributed by atoms with van der Waals surface area (Å²) in [4.78, 5) is 101. The van der Waals surface area contributed by atoms with E-state index in [1.54, 1.807) is 116 Å². The number of esters is 3. The fourth-order valence-electron chi connectivity index (χ4n) is 11.9. The minimum Gasteiger partial charge on any atom is -0.478 e. The molecule has 0 unspecified atom stereocenters. The maximum atomic E-state index is 13.3. The van der Waals surface area contributed by atoms with Gasteiger partial charge in [0.05, 0.1) is 68.4 Å². The number of amides is 1. The highest BCUT2D eigenvalue weighted by atomic mass is 79.9. The van der Waals surface area contributed by atoms with Crippen molar-refractivity contribution < 1.29 is 52.1 Å². The van der Waals surface area contributed by atoms with E-state index in [4.69, 9.17) is 9.84 Å². The lowest BCUT2D eigenvalue weighted by Gasteiger charge is -2.29. The summed E-state index contributed by atoms with van der Waals surface area (Å²) in [6, 6.07) is 29.5. The van der Waals surface area contributed by atoms with Crippen LogP contribution in [0.15, 0.2) is 182 Å². The second-order valence-corrected chi connectivity index (χ2v) is 24.3. The van der Waals surface area contributed by atoms with Crippen LogP contribution in [0.25, 0.3) is 10.9 Å². The quantitative estimate of drug-likeness (QED) is 0.0812. The lowest BCUT2D eigenvalue weighted by atomic mass is 10.0. The van der Waals surface area contributed by atoms with Gasteiger partial charge < -0.3 is 54.5 Å². The zero-order valence-corrected chi connectivity index (χ0v) is 57.5. The van der Waals surface area contributed by atoms with E-state index in [0.717, 1.165) is 137 Å². The minimum absolute atomic E-state index is 0.00246. The van der Waals surface area contributed by atoms with Crippen LogP contribution in [0.5, 0.6) is 0 Å². The summed E-state index contributed by atoms with van der Waals surface area (Å²) in [5.74, 6) is 0.670. The molecule has 24 nitrogen and oxygen atoms in total. The van der Waals surface area contributed by atoms with E-state index in [1.807, 2.05) is 71.8 Å². The first-order valence-corrected chi connectivity index (χ1v) is 33.6. The number of carboxylic acid groups (broad SMARTS) is 1. The number of piperidine rings is 2. The van der Waals surface area contributed by atoms with E-state index in [0.29, 0.717) is 66.6 Å². The van der Waals surface area contributed by atoms with Crippen LogP contribution in [0.3, 0.4) is 0 Å². The zero-order chi connectivity index (χ0) is 71.0. The molecule has 6 aliphatic rings. The van der Waals surface area contributed by atoms with Crippen LogP contribution in [0, 0.1) is 0 Å². The Bertz CT molecular complexity index is 4410. The van der Waals surface area contributed by atoms with Crippen molar-refractivity contribution >= 4 is 96.8 Å². The number of carboxylic acids is 1. The standard InChI is InChI=1S/C18H19FN4O.C14H13N3O2.C13H11N3O2.C10H11NO2.C10H9NO2.C5H10FN.C4H3BrN2/c19-15-4-8-22(9-5-15)18(24)14-1-2-16-13(11-14)3-10-23(16)17-12-20-6-7-21-17;1-19-14(18)11-2-3-12-10(8-11)4-7-17(12)13-9-15-5-6-16-13;17-13(18)10-1-2-11-9(7-10)3-6-16(11)12-8-14-4-5-15-12;2*1-13-10(12)8-2-3-9-7(6-8)4-5-11-9;6-5-1-3-7-4-2-5;5-4-3-6-1-2-7-4/h1-2,6-7,11-12,15H,3-5,8-10H2;2-3,5-6,8-9H,4,7H2,1H3;1-2,4-5,7-8H,3,6H2,(H,17,18);2-3,6,11H,4-5H2,1H3;2-6,11H,1H3;5,7H,1-4H2;1-3H. The predicted molar refractivity (Wildman–Crippen MR) is 382 cm³/mol. The fourth-order valence-corrected chi connectivity index (χ4v) is 12.1. The largest absolute Gasteiger partial charge is 0.478 e. The Morgan fingerprint density at radius 3 is 1.36 bits per heavy atom. The number of halogens is 3. The molecule has 5 aromatic carbocycles. The predicted octanol–water partition coefficient (Wildman–Crippen LogP) is 11.9. The molecule has 4 N–H and O–H groups in total. The number of carbonyl (C=O) groups is 5. The molecular weight excluding hydrogens is 1360 g/mol. The molecule has 0 bridgehead atoms. The third-order valence-corrected chi connectivity index (χ3v) is 17.5. The highest BCUT2D eigenvalue weighted by Crippen LogP contribution is 2.37. The molecule has 0 spiro atoms.